The second-order valence-corrected chi connectivity index (χ2v) is 11.1. The first-order valence-corrected chi connectivity index (χ1v) is 15.5. The highest BCUT2D eigenvalue weighted by Crippen LogP contribution is 2.41. The standard InChI is InChI=1S/C38H43NO6/c1-39(22-12-7-5-4-6-9-15-28-16-10-8-11-17-28)38(42)31-23-30(25-33(26-31)44-3)35-21-14-20-34(37(35)45-27-36(40)41)29-18-13-19-32(24-29)43-2/h8,10-11,13-14,16-21,23-26H,4-7,9,12,15,22,27H2,1-3H3,(H,40,41). The number of nitrogens with zero attached hydrogens (tertiary/aromatic N) is 1. The summed E-state index contributed by atoms with van der Waals surface area (Å²) in [4.78, 5) is 26.8. The first-order chi connectivity index (χ1) is 21.9. The van der Waals surface area contributed by atoms with Gasteiger partial charge in [-0.2, -0.15) is 0 Å². The average Bonchev–Trinajstić information content (AvgIpc) is 3.08. The normalized spacial score (nSPS) is 10.7. The van der Waals surface area contributed by atoms with E-state index < -0.39 is 12.6 Å². The van der Waals surface area contributed by atoms with E-state index in [1.165, 1.54) is 24.8 Å². The van der Waals surface area contributed by atoms with Crippen molar-refractivity contribution in [3.63, 3.8) is 0 Å². The molecule has 7 nitrogen and oxygen atoms in total. The fraction of sp³-hybridized carbons (Fsp3) is 0.316. The van der Waals surface area contributed by atoms with Gasteiger partial charge in [0, 0.05) is 30.3 Å². The highest BCUT2D eigenvalue weighted by Gasteiger charge is 2.19. The number of ether oxygens (including phenoxy) is 3. The molecule has 4 aromatic carbocycles. The molecule has 1 N–H and O–H groups in total. The Bertz CT molecular complexity index is 1550. The van der Waals surface area contributed by atoms with Crippen molar-refractivity contribution < 1.29 is 28.9 Å². The third kappa shape index (κ3) is 9.60. The Balaban J connectivity index is 1.45. The van der Waals surface area contributed by atoms with Crippen molar-refractivity contribution in [3.05, 3.63) is 102 Å². The molecule has 0 aliphatic carbocycles. The molecule has 0 fully saturated rings. The third-order valence-electron chi connectivity index (χ3n) is 7.83. The largest absolute Gasteiger partial charge is 0.497 e. The molecular weight excluding hydrogens is 566 g/mol. The van der Waals surface area contributed by atoms with Crippen molar-refractivity contribution in [1.29, 1.82) is 0 Å². The number of carbonyl (C=O) groups excluding carboxylic acids is 1. The summed E-state index contributed by atoms with van der Waals surface area (Å²) in [6, 6.07) is 29.1. The van der Waals surface area contributed by atoms with E-state index in [2.05, 4.69) is 30.3 Å². The predicted molar refractivity (Wildman–Crippen MR) is 178 cm³/mol. The highest BCUT2D eigenvalue weighted by atomic mass is 16.5. The number of methoxy groups -OCH3 is 2. The number of carbonyl (C=O) groups is 2. The maximum Gasteiger partial charge on any atom is 0.341 e. The lowest BCUT2D eigenvalue weighted by Crippen LogP contribution is -2.27. The Kier molecular flexibility index (Phi) is 12.4. The SMILES string of the molecule is COc1cccc(-c2cccc(-c3cc(OC)cc(C(=O)N(C)CCCCCCCCc4ccccc4)c3)c2OCC(=O)O)c1. The predicted octanol–water partition coefficient (Wildman–Crippen LogP) is 8.16. The minimum Gasteiger partial charge on any atom is -0.497 e. The first kappa shape index (κ1) is 33.1. The monoisotopic (exact) mass is 609 g/mol. The van der Waals surface area contributed by atoms with Crippen LogP contribution in [0.15, 0.2) is 91.0 Å². The van der Waals surface area contributed by atoms with Gasteiger partial charge in [-0.3, -0.25) is 4.79 Å². The van der Waals surface area contributed by atoms with Gasteiger partial charge in [-0.15, -0.1) is 0 Å². The van der Waals surface area contributed by atoms with E-state index in [0.29, 0.717) is 46.0 Å². The van der Waals surface area contributed by atoms with Crippen LogP contribution in [0.3, 0.4) is 0 Å². The zero-order valence-electron chi connectivity index (χ0n) is 26.5. The fourth-order valence-corrected chi connectivity index (χ4v) is 5.42. The number of para-hydroxylation sites is 1. The van der Waals surface area contributed by atoms with Crippen molar-refractivity contribution in [2.75, 3.05) is 34.4 Å². The topological polar surface area (TPSA) is 85.3 Å². The quantitative estimate of drug-likeness (QED) is 0.122. The number of carboxylic acid groups (broad SMARTS) is 1. The summed E-state index contributed by atoms with van der Waals surface area (Å²) in [6.45, 7) is 0.146. The molecule has 4 aromatic rings. The van der Waals surface area contributed by atoms with Gasteiger partial charge in [-0.1, -0.05) is 86.3 Å². The van der Waals surface area contributed by atoms with Gasteiger partial charge in [0.25, 0.3) is 5.91 Å². The van der Waals surface area contributed by atoms with E-state index in [1.807, 2.05) is 61.6 Å². The van der Waals surface area contributed by atoms with E-state index in [0.717, 1.165) is 31.2 Å². The molecule has 0 aromatic heterocycles. The van der Waals surface area contributed by atoms with Gasteiger partial charge in [-0.25, -0.2) is 4.79 Å². The van der Waals surface area contributed by atoms with Crippen molar-refractivity contribution in [2.45, 2.75) is 44.9 Å². The Morgan fingerprint density at radius 1 is 0.689 bits per heavy atom. The summed E-state index contributed by atoms with van der Waals surface area (Å²) in [6.07, 6.45) is 7.91. The maximum absolute atomic E-state index is 13.5. The number of amides is 1. The van der Waals surface area contributed by atoms with Crippen LogP contribution in [0.1, 0.15) is 54.4 Å². The summed E-state index contributed by atoms with van der Waals surface area (Å²) in [5.41, 5.74) is 4.74. The van der Waals surface area contributed by atoms with Crippen LogP contribution in [0.25, 0.3) is 22.3 Å². The fourth-order valence-electron chi connectivity index (χ4n) is 5.42. The summed E-state index contributed by atoms with van der Waals surface area (Å²) < 4.78 is 16.9. The molecule has 0 saturated heterocycles. The molecule has 0 radical (unpaired) electrons. The minimum absolute atomic E-state index is 0.102. The Hall–Kier alpha value is -4.78. The molecule has 0 spiro atoms. The average molecular weight is 610 g/mol. The van der Waals surface area contributed by atoms with Gasteiger partial charge in [0.1, 0.15) is 17.2 Å². The molecule has 0 unspecified atom stereocenters. The van der Waals surface area contributed by atoms with Crippen LogP contribution in [-0.2, 0) is 11.2 Å². The number of aryl methyl sites for hydroxylation is 1. The molecule has 0 saturated carbocycles. The van der Waals surface area contributed by atoms with Crippen LogP contribution in [-0.4, -0.2) is 56.3 Å². The van der Waals surface area contributed by atoms with Crippen LogP contribution in [0, 0.1) is 0 Å². The Morgan fingerprint density at radius 2 is 1.33 bits per heavy atom. The molecule has 1 amide bonds. The van der Waals surface area contributed by atoms with E-state index in [9.17, 15) is 14.7 Å². The number of carboxylic acids is 1. The summed E-state index contributed by atoms with van der Waals surface area (Å²) >= 11 is 0. The molecule has 45 heavy (non-hydrogen) atoms. The molecule has 0 heterocycles. The molecule has 236 valence electrons. The van der Waals surface area contributed by atoms with Gasteiger partial charge in [-0.05, 0) is 66.3 Å². The Labute approximate surface area is 266 Å². The van der Waals surface area contributed by atoms with Crippen LogP contribution >= 0.6 is 0 Å². The maximum atomic E-state index is 13.5. The lowest BCUT2D eigenvalue weighted by Gasteiger charge is -2.20. The first-order valence-electron chi connectivity index (χ1n) is 15.5. The van der Waals surface area contributed by atoms with Gasteiger partial charge in [0.05, 0.1) is 14.2 Å². The van der Waals surface area contributed by atoms with Crippen molar-refractivity contribution in [3.8, 4) is 39.5 Å². The minimum atomic E-state index is -1.09. The molecule has 0 aliphatic heterocycles. The highest BCUT2D eigenvalue weighted by molar-refractivity contribution is 5.96. The van der Waals surface area contributed by atoms with Gasteiger partial charge >= 0.3 is 5.97 Å². The lowest BCUT2D eigenvalue weighted by molar-refractivity contribution is -0.139. The Morgan fingerprint density at radius 3 is 2.04 bits per heavy atom. The number of hydrogen-bond donors (Lipinski definition) is 1. The lowest BCUT2D eigenvalue weighted by atomic mass is 9.95. The molecule has 0 atom stereocenters. The second kappa shape index (κ2) is 16.9. The van der Waals surface area contributed by atoms with Gasteiger partial charge in [0.2, 0.25) is 0 Å². The zero-order chi connectivity index (χ0) is 32.0. The van der Waals surface area contributed by atoms with Crippen molar-refractivity contribution >= 4 is 11.9 Å². The third-order valence-corrected chi connectivity index (χ3v) is 7.83. The van der Waals surface area contributed by atoms with Crippen LogP contribution in [0.2, 0.25) is 0 Å². The van der Waals surface area contributed by atoms with Crippen LogP contribution < -0.4 is 14.2 Å². The van der Waals surface area contributed by atoms with Gasteiger partial charge < -0.3 is 24.2 Å². The molecular formula is C38H43NO6. The van der Waals surface area contributed by atoms with E-state index in [-0.39, 0.29) is 5.91 Å². The molecule has 4 rings (SSSR count). The second-order valence-electron chi connectivity index (χ2n) is 11.1. The van der Waals surface area contributed by atoms with Gasteiger partial charge in [0.15, 0.2) is 6.61 Å². The van der Waals surface area contributed by atoms with E-state index in [4.69, 9.17) is 14.2 Å². The summed E-state index contributed by atoms with van der Waals surface area (Å²) in [5.74, 6) is 0.404. The molecule has 0 aliphatic rings. The number of rotatable bonds is 17. The molecule has 0 bridgehead atoms. The van der Waals surface area contributed by atoms with E-state index >= 15 is 0 Å². The number of benzene rings is 4. The number of aliphatic carboxylic acids is 1. The van der Waals surface area contributed by atoms with Crippen LogP contribution in [0.4, 0.5) is 0 Å². The molecule has 7 heteroatoms. The van der Waals surface area contributed by atoms with Crippen molar-refractivity contribution in [1.82, 2.24) is 4.90 Å². The summed E-state index contributed by atoms with van der Waals surface area (Å²) in [7, 11) is 4.98. The van der Waals surface area contributed by atoms with Crippen molar-refractivity contribution in [2.24, 2.45) is 0 Å². The van der Waals surface area contributed by atoms with E-state index in [1.54, 1.807) is 25.2 Å². The zero-order valence-corrected chi connectivity index (χ0v) is 26.5. The van der Waals surface area contributed by atoms with Crippen LogP contribution in [0.5, 0.6) is 17.2 Å². The summed E-state index contributed by atoms with van der Waals surface area (Å²) in [5, 5.41) is 9.41. The smallest absolute Gasteiger partial charge is 0.341 e. The number of unbranched alkanes of at least 4 members (excludes halogenated alkanes) is 5. The number of hydrogen-bond acceptors (Lipinski definition) is 5.